The maximum atomic E-state index is 12.9. The van der Waals surface area contributed by atoms with E-state index in [0.717, 1.165) is 12.8 Å². The summed E-state index contributed by atoms with van der Waals surface area (Å²) in [6, 6.07) is 12.6. The molecule has 1 unspecified atom stereocenters. The van der Waals surface area contributed by atoms with Crippen molar-refractivity contribution in [3.63, 3.8) is 0 Å². The normalized spacial score (nSPS) is 19.2. The van der Waals surface area contributed by atoms with Gasteiger partial charge in [0, 0.05) is 31.8 Å². The molecule has 0 aliphatic carbocycles. The predicted octanol–water partition coefficient (Wildman–Crippen LogP) is 1.87. The number of carbonyl (C=O) groups excluding carboxylic acids is 2. The van der Waals surface area contributed by atoms with Crippen molar-refractivity contribution in [1.82, 2.24) is 9.62 Å². The minimum Gasteiger partial charge on any atom is -0.379 e. The van der Waals surface area contributed by atoms with E-state index in [4.69, 9.17) is 9.47 Å². The van der Waals surface area contributed by atoms with E-state index in [0.29, 0.717) is 37.6 Å². The molecular weight excluding hydrogens is 446 g/mol. The van der Waals surface area contributed by atoms with Gasteiger partial charge in [-0.15, -0.1) is 0 Å². The summed E-state index contributed by atoms with van der Waals surface area (Å²) in [5, 5.41) is 5.58. The molecule has 2 fully saturated rings. The highest BCUT2D eigenvalue weighted by Gasteiger charge is 2.27. The van der Waals surface area contributed by atoms with Crippen molar-refractivity contribution >= 4 is 27.5 Å². The summed E-state index contributed by atoms with van der Waals surface area (Å²) < 4.78 is 37.9. The van der Waals surface area contributed by atoms with E-state index in [1.54, 1.807) is 24.3 Å². The number of rotatable bonds is 7. The van der Waals surface area contributed by atoms with Crippen LogP contribution in [-0.4, -0.2) is 70.1 Å². The van der Waals surface area contributed by atoms with Crippen LogP contribution in [0.15, 0.2) is 53.4 Å². The predicted molar refractivity (Wildman–Crippen MR) is 122 cm³/mol. The number of carbonyl (C=O) groups is 2. The van der Waals surface area contributed by atoms with Crippen molar-refractivity contribution in [2.24, 2.45) is 0 Å². The Morgan fingerprint density at radius 1 is 1.00 bits per heavy atom. The van der Waals surface area contributed by atoms with Crippen molar-refractivity contribution in [1.29, 1.82) is 0 Å². The van der Waals surface area contributed by atoms with E-state index in [2.05, 4.69) is 10.6 Å². The molecule has 0 spiro atoms. The quantitative estimate of drug-likeness (QED) is 0.635. The third kappa shape index (κ3) is 5.59. The molecule has 33 heavy (non-hydrogen) atoms. The second-order valence-electron chi connectivity index (χ2n) is 7.89. The van der Waals surface area contributed by atoms with E-state index in [1.807, 2.05) is 0 Å². The Morgan fingerprint density at radius 2 is 1.79 bits per heavy atom. The van der Waals surface area contributed by atoms with Crippen LogP contribution in [0.5, 0.6) is 0 Å². The van der Waals surface area contributed by atoms with Gasteiger partial charge < -0.3 is 20.1 Å². The Kier molecular flexibility index (Phi) is 7.39. The van der Waals surface area contributed by atoms with Gasteiger partial charge in [-0.3, -0.25) is 9.59 Å². The topological polar surface area (TPSA) is 114 Å². The lowest BCUT2D eigenvalue weighted by molar-refractivity contribution is 0.0730. The highest BCUT2D eigenvalue weighted by atomic mass is 32.2. The van der Waals surface area contributed by atoms with Crippen molar-refractivity contribution < 1.29 is 27.5 Å². The van der Waals surface area contributed by atoms with Crippen LogP contribution in [0.3, 0.4) is 0 Å². The number of hydrogen-bond donors (Lipinski definition) is 2. The zero-order chi connectivity index (χ0) is 23.3. The van der Waals surface area contributed by atoms with E-state index in [-0.39, 0.29) is 35.6 Å². The maximum absolute atomic E-state index is 12.9. The van der Waals surface area contributed by atoms with Crippen molar-refractivity contribution in [2.45, 2.75) is 23.8 Å². The van der Waals surface area contributed by atoms with Crippen LogP contribution in [0.25, 0.3) is 0 Å². The molecule has 2 aromatic carbocycles. The molecule has 9 nitrogen and oxygen atoms in total. The zero-order valence-corrected chi connectivity index (χ0v) is 19.0. The molecule has 2 heterocycles. The van der Waals surface area contributed by atoms with Gasteiger partial charge in [-0.1, -0.05) is 18.2 Å². The lowest BCUT2D eigenvalue weighted by Gasteiger charge is -2.26. The van der Waals surface area contributed by atoms with Crippen molar-refractivity contribution in [2.75, 3.05) is 44.8 Å². The van der Waals surface area contributed by atoms with Crippen LogP contribution in [0.2, 0.25) is 0 Å². The molecule has 2 aromatic rings. The average Bonchev–Trinajstić information content (AvgIpc) is 3.37. The number of amides is 2. The fraction of sp³-hybridized carbons (Fsp3) is 0.391. The second kappa shape index (κ2) is 10.4. The highest BCUT2D eigenvalue weighted by Crippen LogP contribution is 2.21. The molecule has 10 heteroatoms. The van der Waals surface area contributed by atoms with Crippen molar-refractivity contribution in [3.8, 4) is 0 Å². The smallest absolute Gasteiger partial charge is 0.255 e. The molecule has 2 aliphatic rings. The van der Waals surface area contributed by atoms with Gasteiger partial charge >= 0.3 is 0 Å². The molecule has 1 atom stereocenters. The standard InChI is InChI=1S/C23H27N3O6S/c27-22(17-5-3-7-19(15-17)33(29,30)26-10-13-31-14-11-26)25-21-9-2-1-8-20(21)23(28)24-16-18-6-4-12-32-18/h1-3,5,7-9,15,18H,4,6,10-14,16H2,(H,24,28)(H,25,27). The van der Waals surface area contributed by atoms with Gasteiger partial charge in [-0.05, 0) is 43.2 Å². The third-order valence-corrected chi connectivity index (χ3v) is 7.53. The lowest BCUT2D eigenvalue weighted by atomic mass is 10.1. The minimum atomic E-state index is -3.73. The lowest BCUT2D eigenvalue weighted by Crippen LogP contribution is -2.40. The minimum absolute atomic E-state index is 0.00635. The summed E-state index contributed by atoms with van der Waals surface area (Å²) in [4.78, 5) is 25.6. The van der Waals surface area contributed by atoms with Crippen LogP contribution in [0.1, 0.15) is 33.6 Å². The molecular formula is C23H27N3O6S. The molecule has 2 saturated heterocycles. The Morgan fingerprint density at radius 3 is 2.55 bits per heavy atom. The van der Waals surface area contributed by atoms with Gasteiger partial charge in [0.1, 0.15) is 0 Å². The van der Waals surface area contributed by atoms with Crippen LogP contribution >= 0.6 is 0 Å². The number of nitrogens with one attached hydrogen (secondary N) is 2. The number of hydrogen-bond acceptors (Lipinski definition) is 6. The number of morpholine rings is 1. The van der Waals surface area contributed by atoms with Crippen LogP contribution in [0.4, 0.5) is 5.69 Å². The van der Waals surface area contributed by atoms with Crippen LogP contribution in [0, 0.1) is 0 Å². The number of nitrogens with zero attached hydrogens (tertiary/aromatic N) is 1. The average molecular weight is 474 g/mol. The first-order valence-corrected chi connectivity index (χ1v) is 12.4. The fourth-order valence-corrected chi connectivity index (χ4v) is 5.28. The molecule has 176 valence electrons. The summed E-state index contributed by atoms with van der Waals surface area (Å²) in [5.74, 6) is -0.821. The van der Waals surface area contributed by atoms with Gasteiger partial charge in [0.05, 0.1) is 35.5 Å². The first kappa shape index (κ1) is 23.4. The molecule has 0 radical (unpaired) electrons. The molecule has 0 aromatic heterocycles. The number of anilines is 1. The van der Waals surface area contributed by atoms with E-state index >= 15 is 0 Å². The molecule has 2 aliphatic heterocycles. The first-order valence-electron chi connectivity index (χ1n) is 10.9. The van der Waals surface area contributed by atoms with Gasteiger partial charge in [-0.2, -0.15) is 4.31 Å². The molecule has 0 saturated carbocycles. The van der Waals surface area contributed by atoms with Crippen LogP contribution in [-0.2, 0) is 19.5 Å². The van der Waals surface area contributed by atoms with Gasteiger partial charge in [0.2, 0.25) is 10.0 Å². The first-order chi connectivity index (χ1) is 15.9. The largest absolute Gasteiger partial charge is 0.379 e. The Bertz CT molecular complexity index is 1110. The fourth-order valence-electron chi connectivity index (χ4n) is 3.83. The van der Waals surface area contributed by atoms with E-state index < -0.39 is 15.9 Å². The number of sulfonamides is 1. The summed E-state index contributed by atoms with van der Waals surface area (Å²) in [5.41, 5.74) is 0.841. The van der Waals surface area contributed by atoms with Crippen LogP contribution < -0.4 is 10.6 Å². The van der Waals surface area contributed by atoms with Gasteiger partial charge in [0.25, 0.3) is 11.8 Å². The molecule has 0 bridgehead atoms. The molecule has 2 N–H and O–H groups in total. The zero-order valence-electron chi connectivity index (χ0n) is 18.2. The number of ether oxygens (including phenoxy) is 2. The second-order valence-corrected chi connectivity index (χ2v) is 9.83. The summed E-state index contributed by atoms with van der Waals surface area (Å²) in [6.45, 7) is 2.33. The SMILES string of the molecule is O=C(Nc1ccccc1C(=O)NCC1CCCO1)c1cccc(S(=O)(=O)N2CCOCC2)c1. The van der Waals surface area contributed by atoms with Crippen molar-refractivity contribution in [3.05, 3.63) is 59.7 Å². The van der Waals surface area contributed by atoms with E-state index in [9.17, 15) is 18.0 Å². The molecule has 4 rings (SSSR count). The number of para-hydroxylation sites is 1. The number of benzene rings is 2. The molecule has 2 amide bonds. The van der Waals surface area contributed by atoms with Gasteiger partial charge in [0.15, 0.2) is 0 Å². The summed E-state index contributed by atoms with van der Waals surface area (Å²) in [7, 11) is -3.73. The summed E-state index contributed by atoms with van der Waals surface area (Å²) >= 11 is 0. The third-order valence-electron chi connectivity index (χ3n) is 5.64. The monoisotopic (exact) mass is 473 g/mol. The van der Waals surface area contributed by atoms with E-state index in [1.165, 1.54) is 28.6 Å². The van der Waals surface area contributed by atoms with Gasteiger partial charge in [-0.25, -0.2) is 8.42 Å². The maximum Gasteiger partial charge on any atom is 0.255 e. The Labute approximate surface area is 193 Å². The Hall–Kier alpha value is -2.79. The highest BCUT2D eigenvalue weighted by molar-refractivity contribution is 7.89. The Balaban J connectivity index is 1.47. The summed E-state index contributed by atoms with van der Waals surface area (Å²) in [6.07, 6.45) is 1.89.